The van der Waals surface area contributed by atoms with Crippen molar-refractivity contribution in [2.75, 3.05) is 10.6 Å². The highest BCUT2D eigenvalue weighted by atomic mass is 16.5. The third kappa shape index (κ3) is 4.60. The average molecular weight is 347 g/mol. The SMILES string of the molecule is CC(C)Oc1ccccc1Nc1ccc(NC(=O)c2ccccc2)cn1. The minimum atomic E-state index is -0.163. The Morgan fingerprint density at radius 1 is 0.962 bits per heavy atom. The number of nitrogens with one attached hydrogen (secondary N) is 2. The van der Waals surface area contributed by atoms with Crippen molar-refractivity contribution in [3.05, 3.63) is 78.5 Å². The van der Waals surface area contributed by atoms with Crippen molar-refractivity contribution in [3.63, 3.8) is 0 Å². The number of ether oxygens (including phenoxy) is 1. The van der Waals surface area contributed by atoms with Gasteiger partial charge in [0.15, 0.2) is 0 Å². The van der Waals surface area contributed by atoms with Gasteiger partial charge in [0, 0.05) is 5.56 Å². The van der Waals surface area contributed by atoms with Crippen LogP contribution in [0.4, 0.5) is 17.2 Å². The molecule has 1 amide bonds. The molecule has 0 aliphatic carbocycles. The molecule has 26 heavy (non-hydrogen) atoms. The Labute approximate surface area is 153 Å². The zero-order valence-electron chi connectivity index (χ0n) is 14.8. The second-order valence-electron chi connectivity index (χ2n) is 6.04. The van der Waals surface area contributed by atoms with Crippen LogP contribution in [0.3, 0.4) is 0 Å². The molecule has 5 nitrogen and oxygen atoms in total. The van der Waals surface area contributed by atoms with E-state index in [4.69, 9.17) is 4.74 Å². The molecule has 5 heteroatoms. The topological polar surface area (TPSA) is 63.2 Å². The number of rotatable bonds is 6. The molecule has 132 valence electrons. The van der Waals surface area contributed by atoms with Crippen LogP contribution in [-0.4, -0.2) is 17.0 Å². The van der Waals surface area contributed by atoms with Crippen molar-refractivity contribution >= 4 is 23.1 Å². The summed E-state index contributed by atoms with van der Waals surface area (Å²) >= 11 is 0. The summed E-state index contributed by atoms with van der Waals surface area (Å²) in [7, 11) is 0. The third-order valence-corrected chi connectivity index (χ3v) is 3.57. The van der Waals surface area contributed by atoms with E-state index >= 15 is 0 Å². The molecule has 1 heterocycles. The fourth-order valence-corrected chi connectivity index (χ4v) is 2.40. The van der Waals surface area contributed by atoms with Gasteiger partial charge in [-0.15, -0.1) is 0 Å². The zero-order valence-corrected chi connectivity index (χ0v) is 14.8. The van der Waals surface area contributed by atoms with Crippen LogP contribution >= 0.6 is 0 Å². The number of hydrogen-bond acceptors (Lipinski definition) is 4. The number of amides is 1. The normalized spacial score (nSPS) is 10.4. The van der Waals surface area contributed by atoms with Crippen LogP contribution in [0, 0.1) is 0 Å². The standard InChI is InChI=1S/C21H21N3O2/c1-15(2)26-19-11-7-6-10-18(19)24-20-13-12-17(14-22-20)23-21(25)16-8-4-3-5-9-16/h3-15H,1-2H3,(H,22,24)(H,23,25). The van der Waals surface area contributed by atoms with Crippen LogP contribution in [0.2, 0.25) is 0 Å². The van der Waals surface area contributed by atoms with E-state index in [1.807, 2.05) is 68.4 Å². The van der Waals surface area contributed by atoms with Crippen LogP contribution in [0.25, 0.3) is 0 Å². The smallest absolute Gasteiger partial charge is 0.255 e. The van der Waals surface area contributed by atoms with Gasteiger partial charge in [-0.05, 0) is 50.2 Å². The van der Waals surface area contributed by atoms with Gasteiger partial charge in [0.2, 0.25) is 0 Å². The van der Waals surface area contributed by atoms with Gasteiger partial charge in [0.1, 0.15) is 11.6 Å². The van der Waals surface area contributed by atoms with Crippen LogP contribution in [0.1, 0.15) is 24.2 Å². The van der Waals surface area contributed by atoms with Gasteiger partial charge in [0.05, 0.1) is 23.7 Å². The maximum atomic E-state index is 12.2. The highest BCUT2D eigenvalue weighted by Crippen LogP contribution is 2.27. The number of nitrogens with zero attached hydrogens (tertiary/aromatic N) is 1. The molecule has 3 rings (SSSR count). The first kappa shape index (κ1) is 17.5. The summed E-state index contributed by atoms with van der Waals surface area (Å²) in [4.78, 5) is 16.5. The van der Waals surface area contributed by atoms with Gasteiger partial charge in [-0.25, -0.2) is 4.98 Å². The zero-order chi connectivity index (χ0) is 18.4. The first-order chi connectivity index (χ1) is 12.6. The molecule has 0 unspecified atom stereocenters. The first-order valence-electron chi connectivity index (χ1n) is 8.47. The Morgan fingerprint density at radius 3 is 2.38 bits per heavy atom. The van der Waals surface area contributed by atoms with E-state index < -0.39 is 0 Å². The Kier molecular flexibility index (Phi) is 5.49. The number of aromatic nitrogens is 1. The molecule has 1 aromatic heterocycles. The molecule has 0 saturated carbocycles. The Morgan fingerprint density at radius 2 is 1.69 bits per heavy atom. The van der Waals surface area contributed by atoms with Crippen LogP contribution in [0.5, 0.6) is 5.75 Å². The quantitative estimate of drug-likeness (QED) is 0.668. The summed E-state index contributed by atoms with van der Waals surface area (Å²) in [6, 6.07) is 20.4. The molecule has 2 N–H and O–H groups in total. The molecule has 3 aromatic rings. The number of benzene rings is 2. The number of carbonyl (C=O) groups is 1. The minimum absolute atomic E-state index is 0.0847. The van der Waals surface area contributed by atoms with Crippen molar-refractivity contribution < 1.29 is 9.53 Å². The Hall–Kier alpha value is -3.34. The molecule has 0 aliphatic rings. The van der Waals surface area contributed by atoms with E-state index in [0.29, 0.717) is 17.1 Å². The summed E-state index contributed by atoms with van der Waals surface area (Å²) < 4.78 is 5.80. The van der Waals surface area contributed by atoms with E-state index in [1.165, 1.54) is 0 Å². The highest BCUT2D eigenvalue weighted by Gasteiger charge is 2.08. The van der Waals surface area contributed by atoms with Crippen molar-refractivity contribution in [1.29, 1.82) is 0 Å². The maximum absolute atomic E-state index is 12.2. The second-order valence-corrected chi connectivity index (χ2v) is 6.04. The molecule has 0 aliphatic heterocycles. The van der Waals surface area contributed by atoms with Crippen molar-refractivity contribution in [2.24, 2.45) is 0 Å². The summed E-state index contributed by atoms with van der Waals surface area (Å²) in [5.74, 6) is 1.28. The first-order valence-corrected chi connectivity index (χ1v) is 8.47. The fraction of sp³-hybridized carbons (Fsp3) is 0.143. The summed E-state index contributed by atoms with van der Waals surface area (Å²) in [5, 5.41) is 6.07. The molecule has 0 atom stereocenters. The molecule has 0 bridgehead atoms. The molecule has 0 spiro atoms. The minimum Gasteiger partial charge on any atom is -0.489 e. The van der Waals surface area contributed by atoms with Gasteiger partial charge >= 0.3 is 0 Å². The predicted molar refractivity (Wildman–Crippen MR) is 104 cm³/mol. The van der Waals surface area contributed by atoms with Crippen molar-refractivity contribution in [1.82, 2.24) is 4.98 Å². The van der Waals surface area contributed by atoms with Gasteiger partial charge in [-0.2, -0.15) is 0 Å². The third-order valence-electron chi connectivity index (χ3n) is 3.57. The molecular formula is C21H21N3O2. The van der Waals surface area contributed by atoms with Gasteiger partial charge in [-0.1, -0.05) is 30.3 Å². The van der Waals surface area contributed by atoms with Crippen LogP contribution in [0.15, 0.2) is 72.9 Å². The maximum Gasteiger partial charge on any atom is 0.255 e. The van der Waals surface area contributed by atoms with E-state index in [9.17, 15) is 4.79 Å². The molecule has 0 radical (unpaired) electrons. The average Bonchev–Trinajstić information content (AvgIpc) is 2.65. The Balaban J connectivity index is 1.68. The largest absolute Gasteiger partial charge is 0.489 e. The number of carbonyl (C=O) groups excluding carboxylic acids is 1. The lowest BCUT2D eigenvalue weighted by Crippen LogP contribution is -2.12. The number of hydrogen-bond donors (Lipinski definition) is 2. The fourth-order valence-electron chi connectivity index (χ4n) is 2.40. The monoisotopic (exact) mass is 347 g/mol. The number of para-hydroxylation sites is 2. The molecule has 2 aromatic carbocycles. The van der Waals surface area contributed by atoms with Gasteiger partial charge in [0.25, 0.3) is 5.91 Å². The second kappa shape index (κ2) is 8.16. The summed E-state index contributed by atoms with van der Waals surface area (Å²) in [6.45, 7) is 3.97. The van der Waals surface area contributed by atoms with E-state index in [-0.39, 0.29) is 12.0 Å². The molecule has 0 fully saturated rings. The summed E-state index contributed by atoms with van der Waals surface area (Å²) in [6.07, 6.45) is 1.70. The summed E-state index contributed by atoms with van der Waals surface area (Å²) in [5.41, 5.74) is 2.08. The van der Waals surface area contributed by atoms with Crippen LogP contribution in [-0.2, 0) is 0 Å². The van der Waals surface area contributed by atoms with Crippen LogP contribution < -0.4 is 15.4 Å². The predicted octanol–water partition coefficient (Wildman–Crippen LogP) is 4.86. The molecular weight excluding hydrogens is 326 g/mol. The van der Waals surface area contributed by atoms with Gasteiger partial charge < -0.3 is 15.4 Å². The molecule has 0 saturated heterocycles. The lowest BCUT2D eigenvalue weighted by molar-refractivity contribution is 0.102. The highest BCUT2D eigenvalue weighted by molar-refractivity contribution is 6.04. The van der Waals surface area contributed by atoms with E-state index in [0.717, 1.165) is 11.4 Å². The van der Waals surface area contributed by atoms with E-state index in [1.54, 1.807) is 18.3 Å². The Bertz CT molecular complexity index is 862. The number of pyridine rings is 1. The number of anilines is 3. The van der Waals surface area contributed by atoms with Crippen molar-refractivity contribution in [2.45, 2.75) is 20.0 Å². The van der Waals surface area contributed by atoms with E-state index in [2.05, 4.69) is 15.6 Å². The van der Waals surface area contributed by atoms with Crippen molar-refractivity contribution in [3.8, 4) is 5.75 Å². The lowest BCUT2D eigenvalue weighted by Gasteiger charge is -2.15. The van der Waals surface area contributed by atoms with Gasteiger partial charge in [-0.3, -0.25) is 4.79 Å². The lowest BCUT2D eigenvalue weighted by atomic mass is 10.2.